The van der Waals surface area contributed by atoms with Crippen molar-refractivity contribution < 1.29 is 14.3 Å². The summed E-state index contributed by atoms with van der Waals surface area (Å²) >= 11 is 1.67. The second-order valence-electron chi connectivity index (χ2n) is 4.34. The van der Waals surface area contributed by atoms with Crippen molar-refractivity contribution in [3.8, 4) is 0 Å². The molecule has 0 saturated carbocycles. The van der Waals surface area contributed by atoms with Gasteiger partial charge in [0.25, 0.3) is 0 Å². The predicted octanol–water partition coefficient (Wildman–Crippen LogP) is 1.82. The van der Waals surface area contributed by atoms with Crippen LogP contribution in [0.15, 0.2) is 24.3 Å². The summed E-state index contributed by atoms with van der Waals surface area (Å²) in [7, 11) is 0. The zero-order valence-corrected chi connectivity index (χ0v) is 10.6. The molecule has 1 atom stereocenters. The van der Waals surface area contributed by atoms with Gasteiger partial charge in [0.1, 0.15) is 5.82 Å². The quantitative estimate of drug-likeness (QED) is 0.785. The van der Waals surface area contributed by atoms with Crippen LogP contribution in [-0.2, 0) is 0 Å². The lowest BCUT2D eigenvalue weighted by atomic mass is 10.0. The van der Waals surface area contributed by atoms with Gasteiger partial charge in [-0.05, 0) is 30.4 Å². The highest BCUT2D eigenvalue weighted by Crippen LogP contribution is 2.26. The average Bonchev–Trinajstić information content (AvgIpc) is 2.74. The van der Waals surface area contributed by atoms with Gasteiger partial charge in [0.2, 0.25) is 0 Å². The largest absolute Gasteiger partial charge is 0.387 e. The van der Waals surface area contributed by atoms with Crippen LogP contribution in [0.25, 0.3) is 0 Å². The fourth-order valence-electron chi connectivity index (χ4n) is 1.72. The minimum Gasteiger partial charge on any atom is -0.387 e. The van der Waals surface area contributed by atoms with Gasteiger partial charge in [-0.1, -0.05) is 6.07 Å². The number of benzene rings is 1. The van der Waals surface area contributed by atoms with Gasteiger partial charge in [0.15, 0.2) is 0 Å². The van der Waals surface area contributed by atoms with Crippen LogP contribution in [0.4, 0.5) is 14.9 Å². The number of rotatable bonds is 3. The van der Waals surface area contributed by atoms with Crippen molar-refractivity contribution in [3.05, 3.63) is 30.1 Å². The summed E-state index contributed by atoms with van der Waals surface area (Å²) in [5, 5.41) is 15.1. The second-order valence-corrected chi connectivity index (χ2v) is 5.45. The van der Waals surface area contributed by atoms with Gasteiger partial charge in [-0.3, -0.25) is 0 Å². The van der Waals surface area contributed by atoms with Crippen LogP contribution in [0.3, 0.4) is 0 Å². The number of hydrogen-bond acceptors (Lipinski definition) is 3. The molecule has 6 heteroatoms. The maximum Gasteiger partial charge on any atom is 0.319 e. The molecule has 1 saturated heterocycles. The van der Waals surface area contributed by atoms with Crippen LogP contribution in [0.5, 0.6) is 0 Å². The molecule has 2 amide bonds. The number of carbonyl (C=O) groups is 1. The molecule has 0 bridgehead atoms. The molecule has 1 aliphatic heterocycles. The van der Waals surface area contributed by atoms with E-state index >= 15 is 0 Å². The van der Waals surface area contributed by atoms with Crippen molar-refractivity contribution in [3.63, 3.8) is 0 Å². The molecular weight excluding hydrogens is 255 g/mol. The van der Waals surface area contributed by atoms with Gasteiger partial charge in [-0.2, -0.15) is 11.8 Å². The molecule has 0 aliphatic carbocycles. The zero-order chi connectivity index (χ0) is 13.0. The molecule has 1 unspecified atom stereocenters. The van der Waals surface area contributed by atoms with E-state index in [0.29, 0.717) is 17.9 Å². The Kier molecular flexibility index (Phi) is 4.08. The first-order valence-corrected chi connectivity index (χ1v) is 6.83. The lowest BCUT2D eigenvalue weighted by molar-refractivity contribution is 0.0706. The Labute approximate surface area is 109 Å². The number of urea groups is 1. The molecule has 98 valence electrons. The summed E-state index contributed by atoms with van der Waals surface area (Å²) in [6.45, 7) is 0.209. The van der Waals surface area contributed by atoms with E-state index in [-0.39, 0.29) is 6.54 Å². The normalized spacial score (nSPS) is 22.8. The van der Waals surface area contributed by atoms with E-state index < -0.39 is 17.4 Å². The van der Waals surface area contributed by atoms with Gasteiger partial charge in [-0.15, -0.1) is 0 Å². The van der Waals surface area contributed by atoms with Crippen molar-refractivity contribution in [2.45, 2.75) is 12.0 Å². The Bertz CT molecular complexity index is 436. The molecule has 1 aromatic rings. The lowest BCUT2D eigenvalue weighted by Crippen LogP contribution is -2.44. The summed E-state index contributed by atoms with van der Waals surface area (Å²) in [5.74, 6) is 1.13. The molecule has 0 spiro atoms. The smallest absolute Gasteiger partial charge is 0.319 e. The Hall–Kier alpha value is -1.27. The average molecular weight is 270 g/mol. The molecule has 2 rings (SSSR count). The highest BCUT2D eigenvalue weighted by atomic mass is 32.2. The Morgan fingerprint density at radius 2 is 2.39 bits per heavy atom. The molecule has 0 aromatic heterocycles. The van der Waals surface area contributed by atoms with Crippen LogP contribution in [0.1, 0.15) is 6.42 Å². The summed E-state index contributed by atoms with van der Waals surface area (Å²) in [6.07, 6.45) is 0.678. The van der Waals surface area contributed by atoms with E-state index in [1.54, 1.807) is 17.8 Å². The van der Waals surface area contributed by atoms with Crippen LogP contribution in [-0.4, -0.2) is 34.8 Å². The molecule has 1 heterocycles. The van der Waals surface area contributed by atoms with Gasteiger partial charge in [0.05, 0.1) is 5.60 Å². The van der Waals surface area contributed by atoms with E-state index in [1.165, 1.54) is 18.2 Å². The SMILES string of the molecule is O=C(NCC1(O)CCSC1)Nc1cccc(F)c1. The highest BCUT2D eigenvalue weighted by molar-refractivity contribution is 7.99. The number of anilines is 1. The van der Waals surface area contributed by atoms with Gasteiger partial charge in [-0.25, -0.2) is 9.18 Å². The number of hydrogen-bond donors (Lipinski definition) is 3. The van der Waals surface area contributed by atoms with Gasteiger partial charge >= 0.3 is 6.03 Å². The first-order valence-electron chi connectivity index (χ1n) is 5.68. The Morgan fingerprint density at radius 3 is 3.06 bits per heavy atom. The van der Waals surface area contributed by atoms with E-state index in [2.05, 4.69) is 10.6 Å². The van der Waals surface area contributed by atoms with Crippen LogP contribution in [0.2, 0.25) is 0 Å². The number of nitrogens with one attached hydrogen (secondary N) is 2. The second kappa shape index (κ2) is 5.58. The van der Waals surface area contributed by atoms with E-state index in [1.807, 2.05) is 0 Å². The van der Waals surface area contributed by atoms with Gasteiger partial charge in [0, 0.05) is 18.0 Å². The summed E-state index contributed by atoms with van der Waals surface area (Å²) in [6, 6.07) is 5.22. The van der Waals surface area contributed by atoms with Crippen molar-refractivity contribution >= 4 is 23.5 Å². The number of carbonyl (C=O) groups excluding carboxylic acids is 1. The number of halogens is 1. The molecule has 18 heavy (non-hydrogen) atoms. The molecule has 4 nitrogen and oxygen atoms in total. The zero-order valence-electron chi connectivity index (χ0n) is 9.78. The number of aliphatic hydroxyl groups is 1. The summed E-state index contributed by atoms with van der Waals surface area (Å²) < 4.78 is 12.9. The molecule has 0 radical (unpaired) electrons. The van der Waals surface area contributed by atoms with Crippen LogP contribution >= 0.6 is 11.8 Å². The van der Waals surface area contributed by atoms with Crippen molar-refractivity contribution in [1.29, 1.82) is 0 Å². The first-order chi connectivity index (χ1) is 8.57. The fourth-order valence-corrected chi connectivity index (χ4v) is 3.02. The molecule has 3 N–H and O–H groups in total. The molecule has 1 aliphatic rings. The fraction of sp³-hybridized carbons (Fsp3) is 0.417. The van der Waals surface area contributed by atoms with Crippen molar-refractivity contribution in [1.82, 2.24) is 5.32 Å². The van der Waals surface area contributed by atoms with Crippen LogP contribution in [0, 0.1) is 5.82 Å². The Balaban J connectivity index is 1.82. The van der Waals surface area contributed by atoms with Gasteiger partial charge < -0.3 is 15.7 Å². The molecule has 1 fully saturated rings. The third-order valence-electron chi connectivity index (χ3n) is 2.74. The summed E-state index contributed by atoms with van der Waals surface area (Å²) in [4.78, 5) is 11.6. The predicted molar refractivity (Wildman–Crippen MR) is 70.3 cm³/mol. The molecule has 1 aromatic carbocycles. The van der Waals surface area contributed by atoms with Crippen molar-refractivity contribution in [2.24, 2.45) is 0 Å². The third-order valence-corrected chi connectivity index (χ3v) is 3.98. The van der Waals surface area contributed by atoms with E-state index in [9.17, 15) is 14.3 Å². The van der Waals surface area contributed by atoms with Crippen LogP contribution < -0.4 is 10.6 Å². The maximum absolute atomic E-state index is 12.9. The Morgan fingerprint density at radius 1 is 1.56 bits per heavy atom. The highest BCUT2D eigenvalue weighted by Gasteiger charge is 2.31. The molecular formula is C12H15FN2O2S. The van der Waals surface area contributed by atoms with E-state index in [4.69, 9.17) is 0 Å². The van der Waals surface area contributed by atoms with Crippen molar-refractivity contribution in [2.75, 3.05) is 23.4 Å². The minimum absolute atomic E-state index is 0.209. The van der Waals surface area contributed by atoms with E-state index in [0.717, 1.165) is 5.75 Å². The maximum atomic E-state index is 12.9. The standard InChI is InChI=1S/C12H15FN2O2S/c13-9-2-1-3-10(6-9)15-11(16)14-7-12(17)4-5-18-8-12/h1-3,6,17H,4-5,7-8H2,(H2,14,15,16). The number of amides is 2. The topological polar surface area (TPSA) is 61.4 Å². The third kappa shape index (κ3) is 3.61. The lowest BCUT2D eigenvalue weighted by Gasteiger charge is -2.21. The summed E-state index contributed by atoms with van der Waals surface area (Å²) in [5.41, 5.74) is -0.426. The number of thioether (sulfide) groups is 1. The minimum atomic E-state index is -0.816. The monoisotopic (exact) mass is 270 g/mol. The first kappa shape index (κ1) is 13.2.